The summed E-state index contributed by atoms with van der Waals surface area (Å²) in [7, 11) is 0. The number of nitrogens with one attached hydrogen (secondary N) is 1. The molecule has 2 amide bonds. The number of nitrogens with zero attached hydrogens (tertiary/aromatic N) is 2. The molecule has 1 aromatic rings. The third-order valence-corrected chi connectivity index (χ3v) is 3.82. The second-order valence-corrected chi connectivity index (χ2v) is 7.71. The van der Waals surface area contributed by atoms with Crippen molar-refractivity contribution in [2.24, 2.45) is 0 Å². The average Bonchev–Trinajstić information content (AvgIpc) is 2.77. The molecule has 132 valence electrons. The average molecular weight is 423 g/mol. The van der Waals surface area contributed by atoms with Crippen molar-refractivity contribution in [2.75, 3.05) is 11.9 Å². The summed E-state index contributed by atoms with van der Waals surface area (Å²) in [6.07, 6.45) is -2.09. The Kier molecular flexibility index (Phi) is 5.70. The van der Waals surface area contributed by atoms with E-state index in [0.717, 1.165) is 4.90 Å². The van der Waals surface area contributed by atoms with E-state index in [9.17, 15) is 14.0 Å². The van der Waals surface area contributed by atoms with Crippen LogP contribution in [0.4, 0.5) is 15.0 Å². The lowest BCUT2D eigenvalue weighted by Gasteiger charge is -2.27. The van der Waals surface area contributed by atoms with Gasteiger partial charge in [0.15, 0.2) is 0 Å². The van der Waals surface area contributed by atoms with Crippen LogP contribution < -0.4 is 5.32 Å². The monoisotopic (exact) mass is 421 g/mol. The molecule has 0 spiro atoms. The van der Waals surface area contributed by atoms with Crippen molar-refractivity contribution in [3.8, 4) is 0 Å². The summed E-state index contributed by atoms with van der Waals surface area (Å²) >= 11 is 9.08. The Labute approximate surface area is 152 Å². The van der Waals surface area contributed by atoms with Crippen LogP contribution in [0.15, 0.2) is 16.7 Å². The van der Waals surface area contributed by atoms with E-state index in [-0.39, 0.29) is 18.8 Å². The number of ether oxygens (including phenoxy) is 1. The molecule has 0 saturated carbocycles. The summed E-state index contributed by atoms with van der Waals surface area (Å²) in [5.74, 6) is -0.325. The van der Waals surface area contributed by atoms with Gasteiger partial charge in [0.1, 0.15) is 28.2 Å². The van der Waals surface area contributed by atoms with Gasteiger partial charge in [0.25, 0.3) is 0 Å². The summed E-state index contributed by atoms with van der Waals surface area (Å²) < 4.78 is 19.5. The van der Waals surface area contributed by atoms with E-state index in [1.165, 1.54) is 6.07 Å². The maximum absolute atomic E-state index is 13.8. The van der Waals surface area contributed by atoms with E-state index in [1.54, 1.807) is 26.8 Å². The van der Waals surface area contributed by atoms with E-state index in [4.69, 9.17) is 16.3 Å². The predicted octanol–water partition coefficient (Wildman–Crippen LogP) is 3.78. The van der Waals surface area contributed by atoms with Crippen LogP contribution in [0.3, 0.4) is 0 Å². The predicted molar refractivity (Wildman–Crippen MR) is 91.8 cm³/mol. The molecule has 2 atom stereocenters. The first kappa shape index (κ1) is 18.9. The highest BCUT2D eigenvalue weighted by Crippen LogP contribution is 2.25. The van der Waals surface area contributed by atoms with Gasteiger partial charge in [0, 0.05) is 11.4 Å². The Morgan fingerprint density at radius 1 is 1.46 bits per heavy atom. The number of rotatable bonds is 2. The zero-order chi connectivity index (χ0) is 18.1. The molecule has 0 aliphatic carbocycles. The SMILES string of the molecule is CC(C)(C)OC(=O)N1C[C@H](F)C[C@H]1C(=O)Nc1cc(Cl)cc(Br)n1. The van der Waals surface area contributed by atoms with Crippen LogP contribution in [0.1, 0.15) is 27.2 Å². The highest BCUT2D eigenvalue weighted by Gasteiger charge is 2.41. The molecule has 2 rings (SSSR count). The fourth-order valence-electron chi connectivity index (χ4n) is 2.29. The molecule has 0 aromatic carbocycles. The lowest BCUT2D eigenvalue weighted by Crippen LogP contribution is -2.45. The van der Waals surface area contributed by atoms with Crippen LogP contribution in [-0.4, -0.2) is 46.2 Å². The van der Waals surface area contributed by atoms with Crippen LogP contribution in [0.25, 0.3) is 0 Å². The maximum Gasteiger partial charge on any atom is 0.411 e. The van der Waals surface area contributed by atoms with Gasteiger partial charge in [-0.2, -0.15) is 0 Å². The molecule has 9 heteroatoms. The fourth-order valence-corrected chi connectivity index (χ4v) is 3.07. The molecule has 24 heavy (non-hydrogen) atoms. The van der Waals surface area contributed by atoms with Gasteiger partial charge in [-0.25, -0.2) is 14.2 Å². The van der Waals surface area contributed by atoms with Gasteiger partial charge in [-0.3, -0.25) is 9.69 Å². The van der Waals surface area contributed by atoms with Crippen molar-refractivity contribution in [1.29, 1.82) is 0 Å². The van der Waals surface area contributed by atoms with Crippen molar-refractivity contribution in [3.05, 3.63) is 21.8 Å². The minimum absolute atomic E-state index is 0.0905. The molecule has 1 aromatic heterocycles. The molecule has 0 unspecified atom stereocenters. The summed E-state index contributed by atoms with van der Waals surface area (Å²) in [5.41, 5.74) is -0.730. The molecular formula is C15H18BrClFN3O3. The standard InChI is InChI=1S/C15H18BrClFN3O3/c1-15(2,3)24-14(23)21-7-9(18)6-10(21)13(22)20-12-5-8(17)4-11(16)19-12/h4-5,9-10H,6-7H2,1-3H3,(H,19,20,22)/t9-,10+/m1/s1. The quantitative estimate of drug-likeness (QED) is 0.736. The van der Waals surface area contributed by atoms with Crippen LogP contribution in [0, 0.1) is 0 Å². The molecule has 6 nitrogen and oxygen atoms in total. The number of halogens is 3. The third kappa shape index (κ3) is 5.04. The smallest absolute Gasteiger partial charge is 0.411 e. The van der Waals surface area contributed by atoms with Gasteiger partial charge >= 0.3 is 6.09 Å². The molecule has 1 saturated heterocycles. The minimum atomic E-state index is -1.28. The molecule has 1 aliphatic rings. The number of hydrogen-bond acceptors (Lipinski definition) is 4. The second-order valence-electron chi connectivity index (χ2n) is 6.46. The van der Waals surface area contributed by atoms with Crippen LogP contribution >= 0.6 is 27.5 Å². The van der Waals surface area contributed by atoms with Crippen LogP contribution in [0.5, 0.6) is 0 Å². The Morgan fingerprint density at radius 3 is 2.71 bits per heavy atom. The molecule has 0 radical (unpaired) electrons. The van der Waals surface area contributed by atoms with E-state index < -0.39 is 29.8 Å². The zero-order valence-electron chi connectivity index (χ0n) is 13.5. The highest BCUT2D eigenvalue weighted by molar-refractivity contribution is 9.10. The van der Waals surface area contributed by atoms with Gasteiger partial charge in [-0.15, -0.1) is 0 Å². The number of likely N-dealkylation sites (tertiary alicyclic amines) is 1. The molecule has 1 fully saturated rings. The molecule has 2 heterocycles. The van der Waals surface area contributed by atoms with Gasteiger partial charge < -0.3 is 10.1 Å². The number of hydrogen-bond donors (Lipinski definition) is 1. The Hall–Kier alpha value is -1.41. The maximum atomic E-state index is 13.8. The highest BCUT2D eigenvalue weighted by atomic mass is 79.9. The zero-order valence-corrected chi connectivity index (χ0v) is 15.8. The summed E-state index contributed by atoms with van der Waals surface area (Å²) in [6.45, 7) is 4.93. The molecular weight excluding hydrogens is 405 g/mol. The molecule has 1 aliphatic heterocycles. The number of anilines is 1. The number of carbonyl (C=O) groups excluding carboxylic acids is 2. The van der Waals surface area contributed by atoms with Crippen LogP contribution in [0.2, 0.25) is 5.02 Å². The van der Waals surface area contributed by atoms with Crippen molar-refractivity contribution >= 4 is 45.3 Å². The summed E-state index contributed by atoms with van der Waals surface area (Å²) in [5, 5.41) is 2.93. The summed E-state index contributed by atoms with van der Waals surface area (Å²) in [6, 6.07) is 2.07. The Morgan fingerprint density at radius 2 is 2.12 bits per heavy atom. The lowest BCUT2D eigenvalue weighted by atomic mass is 10.2. The number of alkyl halides is 1. The fraction of sp³-hybridized carbons (Fsp3) is 0.533. The van der Waals surface area contributed by atoms with Crippen molar-refractivity contribution in [1.82, 2.24) is 9.88 Å². The lowest BCUT2D eigenvalue weighted by molar-refractivity contribution is -0.120. The topological polar surface area (TPSA) is 71.5 Å². The Bertz CT molecular complexity index is 633. The molecule has 1 N–H and O–H groups in total. The first-order valence-electron chi connectivity index (χ1n) is 7.33. The first-order chi connectivity index (χ1) is 11.0. The van der Waals surface area contributed by atoms with Crippen LogP contribution in [-0.2, 0) is 9.53 Å². The first-order valence-corrected chi connectivity index (χ1v) is 8.50. The normalized spacial score (nSPS) is 20.8. The Balaban J connectivity index is 2.12. The van der Waals surface area contributed by atoms with Gasteiger partial charge in [-0.05, 0) is 48.8 Å². The van der Waals surface area contributed by atoms with Crippen molar-refractivity contribution in [2.45, 2.75) is 45.0 Å². The van der Waals surface area contributed by atoms with Gasteiger partial charge in [-0.1, -0.05) is 11.6 Å². The van der Waals surface area contributed by atoms with E-state index >= 15 is 0 Å². The van der Waals surface area contributed by atoms with Crippen molar-refractivity contribution < 1.29 is 18.7 Å². The number of pyridine rings is 1. The number of aromatic nitrogens is 1. The molecule has 0 bridgehead atoms. The third-order valence-electron chi connectivity index (χ3n) is 3.19. The largest absolute Gasteiger partial charge is 0.444 e. The van der Waals surface area contributed by atoms with E-state index in [2.05, 4.69) is 26.2 Å². The number of amides is 2. The van der Waals surface area contributed by atoms with Gasteiger partial charge in [0.05, 0.1) is 6.54 Å². The minimum Gasteiger partial charge on any atom is -0.444 e. The van der Waals surface area contributed by atoms with E-state index in [1.807, 2.05) is 0 Å². The van der Waals surface area contributed by atoms with E-state index in [0.29, 0.717) is 9.63 Å². The van der Waals surface area contributed by atoms with Crippen molar-refractivity contribution in [3.63, 3.8) is 0 Å². The number of carbonyl (C=O) groups is 2. The van der Waals surface area contributed by atoms with Gasteiger partial charge in [0.2, 0.25) is 5.91 Å². The second kappa shape index (κ2) is 7.23. The summed E-state index contributed by atoms with van der Waals surface area (Å²) in [4.78, 5) is 29.8.